The first-order valence-electron chi connectivity index (χ1n) is 6.09. The SMILES string of the molecule is CCN[C@H](C)c1ccc(OCC(C)C)cc1. The van der Waals surface area contributed by atoms with Crippen molar-refractivity contribution in [2.24, 2.45) is 5.92 Å². The lowest BCUT2D eigenvalue weighted by Gasteiger charge is -2.14. The molecule has 16 heavy (non-hydrogen) atoms. The van der Waals surface area contributed by atoms with Gasteiger partial charge in [-0.3, -0.25) is 0 Å². The van der Waals surface area contributed by atoms with Gasteiger partial charge < -0.3 is 10.1 Å². The Hall–Kier alpha value is -1.02. The van der Waals surface area contributed by atoms with Gasteiger partial charge in [0.25, 0.3) is 0 Å². The smallest absolute Gasteiger partial charge is 0.119 e. The van der Waals surface area contributed by atoms with Gasteiger partial charge in [-0.15, -0.1) is 0 Å². The molecule has 0 aliphatic carbocycles. The summed E-state index contributed by atoms with van der Waals surface area (Å²) in [6, 6.07) is 8.76. The fourth-order valence-corrected chi connectivity index (χ4v) is 1.54. The normalized spacial score (nSPS) is 12.8. The molecule has 1 N–H and O–H groups in total. The van der Waals surface area contributed by atoms with E-state index in [0.29, 0.717) is 12.0 Å². The summed E-state index contributed by atoms with van der Waals surface area (Å²) in [7, 11) is 0. The molecular formula is C14H23NO. The lowest BCUT2D eigenvalue weighted by Crippen LogP contribution is -2.17. The van der Waals surface area contributed by atoms with Crippen LogP contribution in [0.1, 0.15) is 39.3 Å². The molecule has 0 saturated heterocycles. The van der Waals surface area contributed by atoms with Crippen molar-refractivity contribution < 1.29 is 4.74 Å². The van der Waals surface area contributed by atoms with Gasteiger partial charge in [0.15, 0.2) is 0 Å². The van der Waals surface area contributed by atoms with Crippen molar-refractivity contribution in [3.05, 3.63) is 29.8 Å². The minimum atomic E-state index is 0.407. The summed E-state index contributed by atoms with van der Waals surface area (Å²) in [4.78, 5) is 0. The zero-order chi connectivity index (χ0) is 12.0. The molecule has 0 unspecified atom stereocenters. The van der Waals surface area contributed by atoms with Crippen LogP contribution >= 0.6 is 0 Å². The molecule has 0 heterocycles. The Morgan fingerprint density at radius 1 is 1.12 bits per heavy atom. The van der Waals surface area contributed by atoms with Crippen LogP contribution < -0.4 is 10.1 Å². The maximum atomic E-state index is 5.64. The van der Waals surface area contributed by atoms with Gasteiger partial charge in [-0.05, 0) is 37.1 Å². The van der Waals surface area contributed by atoms with E-state index in [1.54, 1.807) is 0 Å². The molecule has 0 aliphatic rings. The first-order valence-corrected chi connectivity index (χ1v) is 6.09. The Morgan fingerprint density at radius 3 is 2.25 bits per heavy atom. The summed E-state index contributed by atoms with van der Waals surface area (Å²) in [6.07, 6.45) is 0. The quantitative estimate of drug-likeness (QED) is 0.795. The van der Waals surface area contributed by atoms with Crippen LogP contribution in [0.3, 0.4) is 0 Å². The van der Waals surface area contributed by atoms with Crippen LogP contribution in [0.2, 0.25) is 0 Å². The third-order valence-electron chi connectivity index (χ3n) is 2.47. The van der Waals surface area contributed by atoms with Gasteiger partial charge in [0.05, 0.1) is 6.61 Å². The van der Waals surface area contributed by atoms with Crippen molar-refractivity contribution in [3.63, 3.8) is 0 Å². The fourth-order valence-electron chi connectivity index (χ4n) is 1.54. The van der Waals surface area contributed by atoms with Crippen molar-refractivity contribution in [1.82, 2.24) is 5.32 Å². The van der Waals surface area contributed by atoms with Gasteiger partial charge in [-0.1, -0.05) is 32.9 Å². The summed E-state index contributed by atoms with van der Waals surface area (Å²) in [5, 5.41) is 3.39. The first-order chi connectivity index (χ1) is 7.63. The molecule has 90 valence electrons. The van der Waals surface area contributed by atoms with Crippen molar-refractivity contribution in [2.45, 2.75) is 33.7 Å². The Morgan fingerprint density at radius 2 is 1.75 bits per heavy atom. The predicted octanol–water partition coefficient (Wildman–Crippen LogP) is 3.39. The number of nitrogens with one attached hydrogen (secondary N) is 1. The molecule has 0 saturated carbocycles. The van der Waals surface area contributed by atoms with E-state index in [4.69, 9.17) is 4.74 Å². The molecule has 0 aliphatic heterocycles. The summed E-state index contributed by atoms with van der Waals surface area (Å²) in [5.74, 6) is 1.53. The number of hydrogen-bond donors (Lipinski definition) is 1. The molecule has 1 aromatic carbocycles. The maximum absolute atomic E-state index is 5.64. The lowest BCUT2D eigenvalue weighted by molar-refractivity contribution is 0.271. The van der Waals surface area contributed by atoms with Gasteiger partial charge in [0.2, 0.25) is 0 Å². The van der Waals surface area contributed by atoms with Crippen molar-refractivity contribution >= 4 is 0 Å². The van der Waals surface area contributed by atoms with E-state index < -0.39 is 0 Å². The Bertz CT molecular complexity index is 292. The zero-order valence-corrected chi connectivity index (χ0v) is 10.8. The molecule has 0 radical (unpaired) electrons. The van der Waals surface area contributed by atoms with E-state index in [2.05, 4.69) is 45.1 Å². The number of benzene rings is 1. The van der Waals surface area contributed by atoms with Crippen molar-refractivity contribution in [2.75, 3.05) is 13.2 Å². The van der Waals surface area contributed by atoms with Crippen molar-refractivity contribution in [1.29, 1.82) is 0 Å². The molecular weight excluding hydrogens is 198 g/mol. The minimum absolute atomic E-state index is 0.407. The monoisotopic (exact) mass is 221 g/mol. The van der Waals surface area contributed by atoms with E-state index in [-0.39, 0.29) is 0 Å². The molecule has 0 fully saturated rings. The largest absolute Gasteiger partial charge is 0.493 e. The predicted molar refractivity (Wildman–Crippen MR) is 68.9 cm³/mol. The molecule has 2 heteroatoms. The standard InChI is InChI=1S/C14H23NO/c1-5-15-12(4)13-6-8-14(9-7-13)16-10-11(2)3/h6-9,11-12,15H,5,10H2,1-4H3/t12-/m1/s1. The van der Waals surface area contributed by atoms with Crippen LogP contribution in [0.25, 0.3) is 0 Å². The maximum Gasteiger partial charge on any atom is 0.119 e. The average Bonchev–Trinajstić information content (AvgIpc) is 2.27. The van der Waals surface area contributed by atoms with Gasteiger partial charge >= 0.3 is 0 Å². The number of hydrogen-bond acceptors (Lipinski definition) is 2. The van der Waals surface area contributed by atoms with Crippen molar-refractivity contribution in [3.8, 4) is 5.75 Å². The van der Waals surface area contributed by atoms with E-state index >= 15 is 0 Å². The van der Waals surface area contributed by atoms with Crippen LogP contribution in [0, 0.1) is 5.92 Å². The topological polar surface area (TPSA) is 21.3 Å². The van der Waals surface area contributed by atoms with Crippen LogP contribution in [0.4, 0.5) is 0 Å². The molecule has 2 nitrogen and oxygen atoms in total. The Kier molecular flexibility index (Phi) is 5.33. The van der Waals surface area contributed by atoms with Crippen LogP contribution in [0.15, 0.2) is 24.3 Å². The lowest BCUT2D eigenvalue weighted by atomic mass is 10.1. The van der Waals surface area contributed by atoms with E-state index in [1.807, 2.05) is 12.1 Å². The Balaban J connectivity index is 2.53. The Labute approximate surface area is 99.0 Å². The second-order valence-electron chi connectivity index (χ2n) is 4.55. The zero-order valence-electron chi connectivity index (χ0n) is 10.8. The van der Waals surface area contributed by atoms with Crippen LogP contribution in [-0.2, 0) is 0 Å². The molecule has 0 amide bonds. The average molecular weight is 221 g/mol. The molecule has 1 atom stereocenters. The van der Waals surface area contributed by atoms with Gasteiger partial charge in [0, 0.05) is 6.04 Å². The second kappa shape index (κ2) is 6.54. The van der Waals surface area contributed by atoms with Gasteiger partial charge in [-0.25, -0.2) is 0 Å². The highest BCUT2D eigenvalue weighted by molar-refractivity contribution is 5.28. The summed E-state index contributed by atoms with van der Waals surface area (Å²) >= 11 is 0. The van der Waals surface area contributed by atoms with E-state index in [9.17, 15) is 0 Å². The summed E-state index contributed by atoms with van der Waals surface area (Å²) < 4.78 is 5.64. The highest BCUT2D eigenvalue weighted by Crippen LogP contribution is 2.17. The number of rotatable bonds is 6. The van der Waals surface area contributed by atoms with Gasteiger partial charge in [0.1, 0.15) is 5.75 Å². The molecule has 1 aromatic rings. The van der Waals surface area contributed by atoms with E-state index in [0.717, 1.165) is 18.9 Å². The second-order valence-corrected chi connectivity index (χ2v) is 4.55. The third-order valence-corrected chi connectivity index (χ3v) is 2.47. The third kappa shape index (κ3) is 4.23. The summed E-state index contributed by atoms with van der Waals surface area (Å²) in [6.45, 7) is 10.4. The molecule has 0 spiro atoms. The van der Waals surface area contributed by atoms with Crippen LogP contribution in [0.5, 0.6) is 5.75 Å². The summed E-state index contributed by atoms with van der Waals surface area (Å²) in [5.41, 5.74) is 1.30. The molecule has 1 rings (SSSR count). The highest BCUT2D eigenvalue weighted by Gasteiger charge is 2.03. The number of ether oxygens (including phenoxy) is 1. The fraction of sp³-hybridized carbons (Fsp3) is 0.571. The molecule has 0 bridgehead atoms. The van der Waals surface area contributed by atoms with E-state index in [1.165, 1.54) is 5.56 Å². The molecule has 0 aromatic heterocycles. The highest BCUT2D eigenvalue weighted by atomic mass is 16.5. The van der Waals surface area contributed by atoms with Crippen LogP contribution in [-0.4, -0.2) is 13.2 Å². The minimum Gasteiger partial charge on any atom is -0.493 e. The van der Waals surface area contributed by atoms with Gasteiger partial charge in [-0.2, -0.15) is 0 Å². The first kappa shape index (κ1) is 13.0.